The van der Waals surface area contributed by atoms with Crippen molar-refractivity contribution in [3.8, 4) is 11.1 Å². The summed E-state index contributed by atoms with van der Waals surface area (Å²) < 4.78 is 20.3. The second kappa shape index (κ2) is 13.0. The number of amides is 2. The minimum atomic E-state index is -1.52. The average molecular weight is 516 g/mol. The third-order valence-corrected chi connectivity index (χ3v) is 7.18. The van der Waals surface area contributed by atoms with Crippen LogP contribution in [0.25, 0.3) is 11.1 Å². The summed E-state index contributed by atoms with van der Waals surface area (Å²) in [6, 6.07) is 12.3. The maximum atomic E-state index is 15.4. The molecule has 202 valence electrons. The molecular weight excluding hydrogens is 477 g/mol. The first kappa shape index (κ1) is 28.6. The molecule has 1 aliphatic heterocycles. The summed E-state index contributed by atoms with van der Waals surface area (Å²) in [5.74, 6) is -1.10. The van der Waals surface area contributed by atoms with Crippen molar-refractivity contribution in [1.82, 2.24) is 4.90 Å². The summed E-state index contributed by atoms with van der Waals surface area (Å²) in [6.45, 7) is 2.75. The molecule has 0 spiro atoms. The molecule has 1 aliphatic rings. The smallest absolute Gasteiger partial charge is 0.404 e. The number of aryl methyl sites for hydroxylation is 1. The molecule has 2 aromatic carbocycles. The minimum absolute atomic E-state index is 0.00562. The molecule has 2 aromatic rings. The number of nitrogens with two attached hydrogens (primary N) is 2. The van der Waals surface area contributed by atoms with Gasteiger partial charge in [0.05, 0.1) is 24.7 Å². The van der Waals surface area contributed by atoms with Gasteiger partial charge < -0.3 is 31.3 Å². The predicted octanol–water partition coefficient (Wildman–Crippen LogP) is 3.07. The lowest BCUT2D eigenvalue weighted by Crippen LogP contribution is -2.49. The fourth-order valence-electron chi connectivity index (χ4n) is 5.21. The molecule has 6 N–H and O–H groups in total. The van der Waals surface area contributed by atoms with Gasteiger partial charge in [-0.25, -0.2) is 9.18 Å². The quantitative estimate of drug-likeness (QED) is 0.339. The molecule has 1 fully saturated rings. The zero-order valence-corrected chi connectivity index (χ0v) is 21.4. The predicted molar refractivity (Wildman–Crippen MR) is 139 cm³/mol. The van der Waals surface area contributed by atoms with E-state index in [1.165, 1.54) is 6.07 Å². The van der Waals surface area contributed by atoms with Crippen LogP contribution in [-0.2, 0) is 21.6 Å². The first-order valence-corrected chi connectivity index (χ1v) is 12.9. The molecule has 37 heavy (non-hydrogen) atoms. The highest BCUT2D eigenvalue weighted by atomic mass is 19.1. The Bertz CT molecular complexity index is 1080. The third kappa shape index (κ3) is 7.06. The van der Waals surface area contributed by atoms with Crippen LogP contribution in [0.3, 0.4) is 0 Å². The molecule has 0 aromatic heterocycles. The van der Waals surface area contributed by atoms with Crippen LogP contribution in [-0.4, -0.2) is 59.5 Å². The molecule has 9 heteroatoms. The summed E-state index contributed by atoms with van der Waals surface area (Å²) in [4.78, 5) is 25.5. The van der Waals surface area contributed by atoms with Gasteiger partial charge in [-0.1, -0.05) is 43.3 Å². The van der Waals surface area contributed by atoms with Crippen molar-refractivity contribution >= 4 is 12.0 Å². The molecule has 3 atom stereocenters. The largest absolute Gasteiger partial charge is 0.450 e. The maximum absolute atomic E-state index is 15.4. The van der Waals surface area contributed by atoms with E-state index in [1.54, 1.807) is 17.0 Å². The lowest BCUT2D eigenvalue weighted by molar-refractivity contribution is -0.138. The normalized spacial score (nSPS) is 18.2. The lowest BCUT2D eigenvalue weighted by atomic mass is 9.72. The van der Waals surface area contributed by atoms with E-state index in [0.29, 0.717) is 42.5 Å². The zero-order valence-electron chi connectivity index (χ0n) is 21.4. The maximum Gasteiger partial charge on any atom is 0.404 e. The number of primary amides is 1. The number of carbonyl (C=O) groups excluding carboxylic acids is 2. The second-order valence-corrected chi connectivity index (χ2v) is 9.68. The standard InChI is InChI=1S/C28H38FN3O5/c1-2-19-7-3-8-20(15-19)26-23(10-4-11-24(26)29)28(36,12-6-14-37-27(31)35)21-9-5-13-32(18-21)25(34)16-22(33)17-30/h3-4,7-8,10-11,15,21-22,33,36H,2,5-6,9,12-14,16-18,30H2,1H3,(H2,31,35). The van der Waals surface area contributed by atoms with Gasteiger partial charge in [0.25, 0.3) is 0 Å². The van der Waals surface area contributed by atoms with Crippen LogP contribution in [0.4, 0.5) is 9.18 Å². The summed E-state index contributed by atoms with van der Waals surface area (Å²) in [5, 5.41) is 22.2. The van der Waals surface area contributed by atoms with Gasteiger partial charge in [0, 0.05) is 31.1 Å². The molecule has 8 nitrogen and oxygen atoms in total. The van der Waals surface area contributed by atoms with Crippen LogP contribution >= 0.6 is 0 Å². The highest BCUT2D eigenvalue weighted by molar-refractivity contribution is 5.77. The van der Waals surface area contributed by atoms with Gasteiger partial charge in [0.1, 0.15) is 5.82 Å². The van der Waals surface area contributed by atoms with E-state index in [9.17, 15) is 19.8 Å². The lowest BCUT2D eigenvalue weighted by Gasteiger charge is -2.44. The number of hydrogen-bond donors (Lipinski definition) is 4. The Hall–Kier alpha value is -3.01. The molecule has 1 saturated heterocycles. The minimum Gasteiger partial charge on any atom is -0.450 e. The number of likely N-dealkylation sites (tertiary alicyclic amines) is 1. The number of carbonyl (C=O) groups is 2. The van der Waals surface area contributed by atoms with Gasteiger partial charge in [-0.2, -0.15) is 0 Å². The van der Waals surface area contributed by atoms with Crippen LogP contribution in [0.5, 0.6) is 0 Å². The number of piperidine rings is 1. The number of nitrogens with zero attached hydrogens (tertiary/aromatic N) is 1. The number of hydrogen-bond acceptors (Lipinski definition) is 6. The van der Waals surface area contributed by atoms with Crippen molar-refractivity contribution in [2.24, 2.45) is 17.4 Å². The monoisotopic (exact) mass is 515 g/mol. The Kier molecular flexibility index (Phi) is 10.0. The van der Waals surface area contributed by atoms with Crippen LogP contribution in [0, 0.1) is 11.7 Å². The van der Waals surface area contributed by atoms with Crippen LogP contribution in [0.15, 0.2) is 42.5 Å². The number of rotatable bonds is 11. The first-order valence-electron chi connectivity index (χ1n) is 12.9. The average Bonchev–Trinajstić information content (AvgIpc) is 2.90. The molecule has 0 saturated carbocycles. The van der Waals surface area contributed by atoms with E-state index in [4.69, 9.17) is 16.2 Å². The molecule has 1 heterocycles. The van der Waals surface area contributed by atoms with Gasteiger partial charge >= 0.3 is 6.09 Å². The fourth-order valence-corrected chi connectivity index (χ4v) is 5.21. The molecular formula is C28H38FN3O5. The van der Waals surface area contributed by atoms with E-state index in [2.05, 4.69) is 0 Å². The van der Waals surface area contributed by atoms with Gasteiger partial charge in [-0.15, -0.1) is 0 Å². The van der Waals surface area contributed by atoms with E-state index in [-0.39, 0.29) is 38.4 Å². The summed E-state index contributed by atoms with van der Waals surface area (Å²) >= 11 is 0. The van der Waals surface area contributed by atoms with E-state index in [1.807, 2.05) is 31.2 Å². The molecule has 0 bridgehead atoms. The van der Waals surface area contributed by atoms with Gasteiger partial charge in [0.15, 0.2) is 0 Å². The van der Waals surface area contributed by atoms with Crippen LogP contribution in [0.1, 0.15) is 50.2 Å². The Morgan fingerprint density at radius 3 is 2.73 bits per heavy atom. The highest BCUT2D eigenvalue weighted by Gasteiger charge is 2.43. The summed E-state index contributed by atoms with van der Waals surface area (Å²) in [7, 11) is 0. The Balaban J connectivity index is 2.02. The molecule has 2 amide bonds. The number of ether oxygens (including phenoxy) is 1. The van der Waals surface area contributed by atoms with Crippen LogP contribution in [0.2, 0.25) is 0 Å². The SMILES string of the molecule is CCc1cccc(-c2c(F)cccc2C(O)(CCCOC(N)=O)C2CCCN(C(=O)CC(O)CN)C2)c1. The van der Waals surface area contributed by atoms with Gasteiger partial charge in [-0.05, 0) is 54.9 Å². The Morgan fingerprint density at radius 1 is 1.27 bits per heavy atom. The first-order chi connectivity index (χ1) is 17.7. The highest BCUT2D eigenvalue weighted by Crippen LogP contribution is 2.44. The zero-order chi connectivity index (χ0) is 27.0. The van der Waals surface area contributed by atoms with Crippen molar-refractivity contribution in [3.05, 3.63) is 59.4 Å². The van der Waals surface area contributed by atoms with E-state index in [0.717, 1.165) is 12.0 Å². The van der Waals surface area contributed by atoms with Crippen molar-refractivity contribution in [2.75, 3.05) is 26.2 Å². The second-order valence-electron chi connectivity index (χ2n) is 9.68. The van der Waals surface area contributed by atoms with E-state index < -0.39 is 29.5 Å². The van der Waals surface area contributed by atoms with Crippen molar-refractivity contribution in [3.63, 3.8) is 0 Å². The van der Waals surface area contributed by atoms with Crippen molar-refractivity contribution < 1.29 is 28.9 Å². The third-order valence-electron chi connectivity index (χ3n) is 7.18. The fraction of sp³-hybridized carbons (Fsp3) is 0.500. The molecule has 3 unspecified atom stereocenters. The molecule has 0 aliphatic carbocycles. The Morgan fingerprint density at radius 2 is 2.03 bits per heavy atom. The summed E-state index contributed by atoms with van der Waals surface area (Å²) in [6.07, 6.45) is 0.567. The number of halogens is 1. The topological polar surface area (TPSA) is 139 Å². The van der Waals surface area contributed by atoms with Gasteiger partial charge in [0.2, 0.25) is 5.91 Å². The number of aliphatic hydroxyl groups excluding tert-OH is 1. The molecule has 3 rings (SSSR count). The molecule has 0 radical (unpaired) electrons. The van der Waals surface area contributed by atoms with Crippen molar-refractivity contribution in [1.29, 1.82) is 0 Å². The van der Waals surface area contributed by atoms with Crippen LogP contribution < -0.4 is 11.5 Å². The van der Waals surface area contributed by atoms with Gasteiger partial charge in [-0.3, -0.25) is 4.79 Å². The summed E-state index contributed by atoms with van der Waals surface area (Å²) in [5.41, 5.74) is 11.5. The van der Waals surface area contributed by atoms with E-state index >= 15 is 4.39 Å². The number of aliphatic hydroxyl groups is 2. The number of benzene rings is 2. The van der Waals surface area contributed by atoms with Crippen molar-refractivity contribution in [2.45, 2.75) is 57.2 Å². The Labute approximate surface area is 217 Å².